The van der Waals surface area contributed by atoms with E-state index in [2.05, 4.69) is 20.9 Å². The van der Waals surface area contributed by atoms with E-state index in [1.807, 2.05) is 58.8 Å². The molecule has 0 fully saturated rings. The highest BCUT2D eigenvalue weighted by atomic mass is 79.9. The Bertz CT molecular complexity index is 1720. The van der Waals surface area contributed by atoms with Gasteiger partial charge in [0.2, 0.25) is 0 Å². The van der Waals surface area contributed by atoms with Crippen LogP contribution < -0.4 is 10.3 Å². The number of para-hydroxylation sites is 1. The molecule has 1 aromatic heterocycles. The van der Waals surface area contributed by atoms with Crippen molar-refractivity contribution >= 4 is 54.8 Å². The van der Waals surface area contributed by atoms with Crippen molar-refractivity contribution in [1.82, 2.24) is 15.2 Å². The number of sulfonamides is 1. The van der Waals surface area contributed by atoms with Crippen LogP contribution in [-0.4, -0.2) is 35.5 Å². The SMILES string of the molecule is N#CC(=Cc1c(-c2ccc(Br)cc2)[nH]c2ccccc12)C(=O)NNS(=O)(=O)c1ccc(O)c(C(=O)O)c1. The molecule has 0 bridgehead atoms. The number of H-pyrrole nitrogens is 1. The number of phenols is 1. The number of nitriles is 1. The number of carbonyl (C=O) groups excluding carboxylic acids is 1. The Morgan fingerprint density at radius 2 is 1.76 bits per heavy atom. The van der Waals surface area contributed by atoms with Crippen LogP contribution in [0.3, 0.4) is 0 Å². The molecule has 0 aliphatic heterocycles. The molecule has 37 heavy (non-hydrogen) atoms. The Labute approximate surface area is 219 Å². The zero-order valence-electron chi connectivity index (χ0n) is 18.7. The number of aromatic carboxylic acids is 1. The summed E-state index contributed by atoms with van der Waals surface area (Å²) in [6.45, 7) is 0. The van der Waals surface area contributed by atoms with Gasteiger partial charge in [-0.3, -0.25) is 10.2 Å². The number of carbonyl (C=O) groups is 2. The Kier molecular flexibility index (Phi) is 7.12. The second kappa shape index (κ2) is 10.3. The molecular weight excluding hydrogens is 564 g/mol. The maximum absolute atomic E-state index is 12.8. The van der Waals surface area contributed by atoms with Crippen molar-refractivity contribution in [2.75, 3.05) is 0 Å². The Morgan fingerprint density at radius 1 is 1.05 bits per heavy atom. The summed E-state index contributed by atoms with van der Waals surface area (Å²) in [5.74, 6) is -3.19. The van der Waals surface area contributed by atoms with E-state index in [1.165, 1.54) is 6.08 Å². The lowest BCUT2D eigenvalue weighted by Crippen LogP contribution is -2.42. The Morgan fingerprint density at radius 3 is 2.43 bits per heavy atom. The second-order valence-electron chi connectivity index (χ2n) is 7.68. The minimum Gasteiger partial charge on any atom is -0.507 e. The van der Waals surface area contributed by atoms with Crippen molar-refractivity contribution in [2.45, 2.75) is 4.90 Å². The van der Waals surface area contributed by atoms with Crippen molar-refractivity contribution < 1.29 is 28.2 Å². The van der Waals surface area contributed by atoms with Gasteiger partial charge in [0.25, 0.3) is 15.9 Å². The van der Waals surface area contributed by atoms with Crippen molar-refractivity contribution in [3.05, 3.63) is 87.9 Å². The summed E-state index contributed by atoms with van der Waals surface area (Å²) < 4.78 is 26.0. The first-order valence-electron chi connectivity index (χ1n) is 10.5. The summed E-state index contributed by atoms with van der Waals surface area (Å²) >= 11 is 3.39. The van der Waals surface area contributed by atoms with Gasteiger partial charge in [0.1, 0.15) is 23.0 Å². The largest absolute Gasteiger partial charge is 0.507 e. The van der Waals surface area contributed by atoms with Crippen molar-refractivity contribution in [3.8, 4) is 23.1 Å². The molecule has 5 N–H and O–H groups in total. The Hall–Kier alpha value is -4.44. The summed E-state index contributed by atoms with van der Waals surface area (Å²) in [4.78, 5) is 28.6. The monoisotopic (exact) mass is 580 g/mol. The number of amides is 1. The average Bonchev–Trinajstić information content (AvgIpc) is 3.24. The summed E-state index contributed by atoms with van der Waals surface area (Å²) in [5, 5.41) is 29.1. The number of fused-ring (bicyclic) bond motifs is 1. The van der Waals surface area contributed by atoms with Crippen molar-refractivity contribution in [2.24, 2.45) is 0 Å². The number of carboxylic acids is 1. The van der Waals surface area contributed by atoms with Crippen molar-refractivity contribution in [1.29, 1.82) is 5.26 Å². The predicted octanol–water partition coefficient (Wildman–Crippen LogP) is 3.92. The third kappa shape index (κ3) is 5.39. The summed E-state index contributed by atoms with van der Waals surface area (Å²) in [7, 11) is -4.43. The lowest BCUT2D eigenvalue weighted by molar-refractivity contribution is -0.117. The van der Waals surface area contributed by atoms with Gasteiger partial charge in [0.15, 0.2) is 0 Å². The van der Waals surface area contributed by atoms with E-state index < -0.39 is 38.1 Å². The first-order chi connectivity index (χ1) is 17.6. The smallest absolute Gasteiger partial charge is 0.339 e. The van der Waals surface area contributed by atoms with Gasteiger partial charge < -0.3 is 15.2 Å². The third-order valence-corrected chi connectivity index (χ3v) is 7.11. The minimum atomic E-state index is -4.43. The number of aromatic amines is 1. The molecular formula is C25H17BrN4O6S. The zero-order valence-corrected chi connectivity index (χ0v) is 21.1. The molecule has 0 unspecified atom stereocenters. The van der Waals surface area contributed by atoms with Gasteiger partial charge in [-0.1, -0.05) is 46.3 Å². The van der Waals surface area contributed by atoms with E-state index in [0.29, 0.717) is 11.3 Å². The van der Waals surface area contributed by atoms with E-state index in [9.17, 15) is 28.4 Å². The summed E-state index contributed by atoms with van der Waals surface area (Å²) in [6, 6.07) is 19.1. The number of hydrazine groups is 1. The number of nitrogens with one attached hydrogen (secondary N) is 3. The van der Waals surface area contributed by atoms with E-state index in [1.54, 1.807) is 6.07 Å². The molecule has 0 atom stereocenters. The number of rotatable bonds is 7. The van der Waals surface area contributed by atoms with Crippen LogP contribution >= 0.6 is 15.9 Å². The molecule has 0 spiro atoms. The van der Waals surface area contributed by atoms with Crippen LogP contribution in [-0.2, 0) is 14.8 Å². The van der Waals surface area contributed by atoms with Crippen LogP contribution in [0.25, 0.3) is 28.2 Å². The molecule has 4 aromatic rings. The number of aromatic hydroxyl groups is 1. The normalized spacial score (nSPS) is 11.7. The number of benzene rings is 3. The first-order valence-corrected chi connectivity index (χ1v) is 12.7. The first kappa shape index (κ1) is 25.6. The molecule has 10 nitrogen and oxygen atoms in total. The molecule has 0 aliphatic carbocycles. The summed E-state index contributed by atoms with van der Waals surface area (Å²) in [5.41, 5.74) is 3.72. The van der Waals surface area contributed by atoms with E-state index >= 15 is 0 Å². The topological polar surface area (TPSA) is 172 Å². The lowest BCUT2D eigenvalue weighted by Gasteiger charge is -2.09. The number of carboxylic acid groups (broad SMARTS) is 1. The highest BCUT2D eigenvalue weighted by Gasteiger charge is 2.21. The number of hydrogen-bond donors (Lipinski definition) is 5. The number of halogens is 1. The molecule has 4 rings (SSSR count). The number of aromatic nitrogens is 1. The van der Waals surface area contributed by atoms with Gasteiger partial charge in [-0.05, 0) is 48.0 Å². The molecule has 0 radical (unpaired) electrons. The van der Waals surface area contributed by atoms with Crippen LogP contribution in [0.15, 0.2) is 81.7 Å². The average molecular weight is 581 g/mol. The van der Waals surface area contributed by atoms with Gasteiger partial charge in [0.05, 0.1) is 10.6 Å². The quantitative estimate of drug-likeness (QED) is 0.125. The third-order valence-electron chi connectivity index (χ3n) is 5.34. The molecule has 0 aliphatic rings. The van der Waals surface area contributed by atoms with E-state index in [4.69, 9.17) is 5.11 Å². The number of nitrogens with zero attached hydrogens (tertiary/aromatic N) is 1. The fourth-order valence-electron chi connectivity index (χ4n) is 3.54. The second-order valence-corrected chi connectivity index (χ2v) is 10.3. The molecule has 0 saturated carbocycles. The van der Waals surface area contributed by atoms with Gasteiger partial charge in [0, 0.05) is 20.9 Å². The molecule has 12 heteroatoms. The van der Waals surface area contributed by atoms with Gasteiger partial charge in [-0.2, -0.15) is 5.26 Å². The molecule has 3 aromatic carbocycles. The van der Waals surface area contributed by atoms with Crippen LogP contribution in [0.1, 0.15) is 15.9 Å². The van der Waals surface area contributed by atoms with Gasteiger partial charge in [-0.15, -0.1) is 4.83 Å². The van der Waals surface area contributed by atoms with Crippen LogP contribution in [0.4, 0.5) is 0 Å². The molecule has 1 amide bonds. The maximum atomic E-state index is 12.8. The lowest BCUT2D eigenvalue weighted by atomic mass is 10.0. The minimum absolute atomic E-state index is 0.386. The molecule has 1 heterocycles. The van der Waals surface area contributed by atoms with E-state index in [-0.39, 0.29) is 5.57 Å². The Balaban J connectivity index is 1.66. The highest BCUT2D eigenvalue weighted by Crippen LogP contribution is 2.32. The van der Waals surface area contributed by atoms with Crippen LogP contribution in [0.2, 0.25) is 0 Å². The summed E-state index contributed by atoms with van der Waals surface area (Å²) in [6.07, 6.45) is 1.35. The fourth-order valence-corrected chi connectivity index (χ4v) is 4.67. The highest BCUT2D eigenvalue weighted by molar-refractivity contribution is 9.10. The van der Waals surface area contributed by atoms with Crippen LogP contribution in [0.5, 0.6) is 5.75 Å². The predicted molar refractivity (Wildman–Crippen MR) is 139 cm³/mol. The molecule has 186 valence electrons. The number of hydrogen-bond acceptors (Lipinski definition) is 6. The molecule has 0 saturated heterocycles. The zero-order chi connectivity index (χ0) is 26.7. The van der Waals surface area contributed by atoms with Crippen molar-refractivity contribution in [3.63, 3.8) is 0 Å². The van der Waals surface area contributed by atoms with Crippen LogP contribution in [0, 0.1) is 11.3 Å². The van der Waals surface area contributed by atoms with Gasteiger partial charge in [-0.25, -0.2) is 13.2 Å². The standard InChI is InChI=1S/C25H17BrN4O6S/c26-16-7-5-14(6-8-16)23-19(18-3-1-2-4-21(18)28-23)11-15(13-27)24(32)29-30-37(35,36)17-9-10-22(31)20(12-17)25(33)34/h1-12,28,30-31H,(H,29,32)(H,33,34). The maximum Gasteiger partial charge on any atom is 0.339 e. The van der Waals surface area contributed by atoms with E-state index in [0.717, 1.165) is 39.1 Å². The fraction of sp³-hybridized carbons (Fsp3) is 0. The van der Waals surface area contributed by atoms with Gasteiger partial charge >= 0.3 is 5.97 Å².